The molecule has 3 heterocycles. The molecule has 0 spiro atoms. The van der Waals surface area contributed by atoms with Gasteiger partial charge in [0.05, 0.1) is 17.0 Å². The van der Waals surface area contributed by atoms with E-state index in [0.717, 1.165) is 27.8 Å². The molecule has 1 saturated heterocycles. The molecule has 1 fully saturated rings. The average molecular weight is 715 g/mol. The zero-order valence-corrected chi connectivity index (χ0v) is 29.7. The Labute approximate surface area is 307 Å². The normalized spacial score (nSPS) is 18.2. The number of nitrogens with one attached hydrogen (secondary N) is 3. The highest BCUT2D eigenvalue weighted by Gasteiger charge is 2.44. The van der Waals surface area contributed by atoms with Crippen LogP contribution in [-0.2, 0) is 33.9 Å². The van der Waals surface area contributed by atoms with Crippen LogP contribution in [0.4, 0.5) is 11.5 Å². The number of fused-ring (bicyclic) bond motifs is 5. The van der Waals surface area contributed by atoms with E-state index in [2.05, 4.69) is 20.9 Å². The van der Waals surface area contributed by atoms with Crippen molar-refractivity contribution in [3.8, 4) is 0 Å². The van der Waals surface area contributed by atoms with Crippen molar-refractivity contribution in [2.45, 2.75) is 51.1 Å². The summed E-state index contributed by atoms with van der Waals surface area (Å²) in [5, 5.41) is 18.7. The number of carbonyl (C=O) groups excluding carboxylic acids is 4. The number of carboxylic acid groups (broad SMARTS) is 1. The van der Waals surface area contributed by atoms with Crippen molar-refractivity contribution in [3.63, 3.8) is 0 Å². The third-order valence-corrected chi connectivity index (χ3v) is 10.9. The van der Waals surface area contributed by atoms with Gasteiger partial charge < -0.3 is 30.9 Å². The molecule has 1 unspecified atom stereocenters. The molecule has 1 aromatic heterocycles. The van der Waals surface area contributed by atoms with Crippen LogP contribution in [0, 0.1) is 5.41 Å². The van der Waals surface area contributed by atoms with Crippen LogP contribution < -0.4 is 16.0 Å². The van der Waals surface area contributed by atoms with E-state index in [1.807, 2.05) is 68.6 Å². The van der Waals surface area contributed by atoms with Gasteiger partial charge in [-0.25, -0.2) is 9.78 Å². The number of hydrogen-bond acceptors (Lipinski definition) is 7. The van der Waals surface area contributed by atoms with Crippen molar-refractivity contribution in [3.05, 3.63) is 124 Å². The molecule has 7 rings (SSSR count). The zero-order valence-electron chi connectivity index (χ0n) is 29.7. The number of aromatic nitrogens is 1. The molecule has 2 aliphatic heterocycles. The molecule has 12 nitrogen and oxygen atoms in total. The second kappa shape index (κ2) is 14.6. The standard InChI is InChI=1S/C41H42N6O6/c1-41(15-18-46(19-16-41)38(50)30-10-5-6-11-31(30)39(51)52)40(53)47(23-27-9-4-3-8-26(27)22-42-2)24-34(48)44-28-14-13-25-20-33-29-12-7-17-43-36(29)45-37(49)35(33)32(25)21-28/h3-14,17,21,33,35,42H,15-16,18-20,22-24H2,1-2H3,(H,44,48)(H,51,52)(H,43,45,49)/t33-,35?/m1/s1. The lowest BCUT2D eigenvalue weighted by molar-refractivity contribution is -0.146. The maximum absolute atomic E-state index is 14.5. The fourth-order valence-corrected chi connectivity index (χ4v) is 8.03. The van der Waals surface area contributed by atoms with Gasteiger partial charge >= 0.3 is 5.97 Å². The zero-order chi connectivity index (χ0) is 37.3. The first-order valence-electron chi connectivity index (χ1n) is 17.9. The maximum atomic E-state index is 14.5. The van der Waals surface area contributed by atoms with Gasteiger partial charge in [0, 0.05) is 49.4 Å². The van der Waals surface area contributed by atoms with E-state index in [4.69, 9.17) is 0 Å². The first kappa shape index (κ1) is 35.5. The monoisotopic (exact) mass is 714 g/mol. The Morgan fingerprint density at radius 3 is 2.40 bits per heavy atom. The second-order valence-corrected chi connectivity index (χ2v) is 14.3. The molecule has 3 aliphatic rings. The number of anilines is 2. The Balaban J connectivity index is 1.09. The van der Waals surface area contributed by atoms with Crippen molar-refractivity contribution in [1.82, 2.24) is 20.1 Å². The van der Waals surface area contributed by atoms with Gasteiger partial charge in [0.2, 0.25) is 17.7 Å². The first-order valence-corrected chi connectivity index (χ1v) is 17.9. The number of carboxylic acids is 1. The Morgan fingerprint density at radius 2 is 1.66 bits per heavy atom. The molecule has 4 aromatic rings. The second-order valence-electron chi connectivity index (χ2n) is 14.3. The molecule has 0 saturated carbocycles. The van der Waals surface area contributed by atoms with Crippen molar-refractivity contribution >= 4 is 41.1 Å². The van der Waals surface area contributed by atoms with Crippen molar-refractivity contribution < 1.29 is 29.1 Å². The Bertz CT molecular complexity index is 2110. The lowest BCUT2D eigenvalue weighted by atomic mass is 9.78. The van der Waals surface area contributed by atoms with Gasteiger partial charge in [0.15, 0.2) is 0 Å². The Hall–Kier alpha value is -5.88. The number of piperidine rings is 1. The highest BCUT2D eigenvalue weighted by atomic mass is 16.4. The Morgan fingerprint density at radius 1 is 0.943 bits per heavy atom. The predicted molar refractivity (Wildman–Crippen MR) is 198 cm³/mol. The number of pyridine rings is 1. The summed E-state index contributed by atoms with van der Waals surface area (Å²) in [4.78, 5) is 74.3. The molecule has 272 valence electrons. The molecule has 0 bridgehead atoms. The van der Waals surface area contributed by atoms with Crippen molar-refractivity contribution in [2.75, 3.05) is 37.3 Å². The topological polar surface area (TPSA) is 161 Å². The molecule has 4 amide bonds. The molecule has 1 aliphatic carbocycles. The van der Waals surface area contributed by atoms with Gasteiger partial charge in [-0.2, -0.15) is 0 Å². The van der Waals surface area contributed by atoms with Crippen LogP contribution in [0.2, 0.25) is 0 Å². The van der Waals surface area contributed by atoms with Crippen LogP contribution in [0.5, 0.6) is 0 Å². The fourth-order valence-electron chi connectivity index (χ4n) is 8.03. The number of benzene rings is 3. The van der Waals surface area contributed by atoms with E-state index in [0.29, 0.717) is 37.3 Å². The van der Waals surface area contributed by atoms with Crippen LogP contribution >= 0.6 is 0 Å². The van der Waals surface area contributed by atoms with E-state index in [9.17, 15) is 29.1 Å². The molecule has 2 atom stereocenters. The number of likely N-dealkylation sites (tertiary alicyclic amines) is 1. The number of nitrogens with zero attached hydrogens (tertiary/aromatic N) is 3. The van der Waals surface area contributed by atoms with E-state index in [1.165, 1.54) is 12.1 Å². The molecule has 3 aromatic carbocycles. The van der Waals surface area contributed by atoms with Crippen LogP contribution in [0.25, 0.3) is 0 Å². The summed E-state index contributed by atoms with van der Waals surface area (Å²) in [6, 6.07) is 23.4. The van der Waals surface area contributed by atoms with Gasteiger partial charge in [0.1, 0.15) is 12.4 Å². The third kappa shape index (κ3) is 7.02. The molecule has 0 radical (unpaired) electrons. The summed E-state index contributed by atoms with van der Waals surface area (Å²) in [5.41, 5.74) is 4.55. The molecular formula is C41H42N6O6. The highest BCUT2D eigenvalue weighted by molar-refractivity contribution is 6.05. The highest BCUT2D eigenvalue weighted by Crippen LogP contribution is 2.49. The minimum absolute atomic E-state index is 0.0337. The van der Waals surface area contributed by atoms with Crippen molar-refractivity contribution in [1.29, 1.82) is 0 Å². The molecule has 53 heavy (non-hydrogen) atoms. The lowest BCUT2D eigenvalue weighted by Gasteiger charge is -2.41. The smallest absolute Gasteiger partial charge is 0.336 e. The van der Waals surface area contributed by atoms with E-state index < -0.39 is 17.3 Å². The quantitative estimate of drug-likeness (QED) is 0.183. The molecule has 4 N–H and O–H groups in total. The SMILES string of the molecule is CNCc1ccccc1CN(CC(=O)Nc1ccc2c(c1)C1C(=O)Nc3ncccc3[C@H]1C2)C(=O)C1(C)CCN(C(=O)c2ccccc2C(=O)O)CC1. The van der Waals surface area contributed by atoms with Crippen LogP contribution in [0.1, 0.15) is 80.1 Å². The van der Waals surface area contributed by atoms with Gasteiger partial charge in [0.25, 0.3) is 5.91 Å². The van der Waals surface area contributed by atoms with Crippen LogP contribution in [0.15, 0.2) is 85.1 Å². The average Bonchev–Trinajstić information content (AvgIpc) is 3.55. The number of rotatable bonds is 10. The minimum atomic E-state index is -1.18. The fraction of sp³-hybridized carbons (Fsp3) is 0.317. The minimum Gasteiger partial charge on any atom is -0.478 e. The van der Waals surface area contributed by atoms with E-state index in [1.54, 1.807) is 28.1 Å². The molecular weight excluding hydrogens is 672 g/mol. The van der Waals surface area contributed by atoms with Crippen LogP contribution in [-0.4, -0.2) is 76.2 Å². The predicted octanol–water partition coefficient (Wildman–Crippen LogP) is 4.78. The lowest BCUT2D eigenvalue weighted by Crippen LogP contribution is -2.51. The summed E-state index contributed by atoms with van der Waals surface area (Å²) in [6.07, 6.45) is 3.05. The maximum Gasteiger partial charge on any atom is 0.336 e. The van der Waals surface area contributed by atoms with E-state index in [-0.39, 0.29) is 66.9 Å². The largest absolute Gasteiger partial charge is 0.478 e. The Kier molecular flexibility index (Phi) is 9.80. The van der Waals surface area contributed by atoms with E-state index >= 15 is 0 Å². The first-order chi connectivity index (χ1) is 25.6. The summed E-state index contributed by atoms with van der Waals surface area (Å²) in [6.45, 7) is 2.97. The summed E-state index contributed by atoms with van der Waals surface area (Å²) < 4.78 is 0. The number of amides is 4. The van der Waals surface area contributed by atoms with Gasteiger partial charge in [-0.3, -0.25) is 19.2 Å². The van der Waals surface area contributed by atoms with Gasteiger partial charge in [-0.1, -0.05) is 55.5 Å². The number of carbonyl (C=O) groups is 5. The summed E-state index contributed by atoms with van der Waals surface area (Å²) >= 11 is 0. The molecule has 12 heteroatoms. The number of aromatic carboxylic acids is 1. The van der Waals surface area contributed by atoms with Gasteiger partial charge in [-0.15, -0.1) is 0 Å². The van der Waals surface area contributed by atoms with Crippen molar-refractivity contribution in [2.24, 2.45) is 5.41 Å². The van der Waals surface area contributed by atoms with Gasteiger partial charge in [-0.05, 0) is 84.5 Å². The number of hydrogen-bond donors (Lipinski definition) is 4. The third-order valence-electron chi connectivity index (χ3n) is 10.9. The summed E-state index contributed by atoms with van der Waals surface area (Å²) in [5.74, 6) is -2.09. The summed E-state index contributed by atoms with van der Waals surface area (Å²) in [7, 11) is 1.85. The van der Waals surface area contributed by atoms with Crippen LogP contribution in [0.3, 0.4) is 0 Å².